The molecule has 1 amide bonds. The van der Waals surface area contributed by atoms with Gasteiger partial charge in [-0.1, -0.05) is 0 Å². The van der Waals surface area contributed by atoms with Gasteiger partial charge < -0.3 is 14.2 Å². The van der Waals surface area contributed by atoms with Crippen LogP contribution in [0, 0.1) is 10.1 Å². The van der Waals surface area contributed by atoms with Gasteiger partial charge in [-0.2, -0.15) is 5.10 Å². The van der Waals surface area contributed by atoms with Crippen molar-refractivity contribution >= 4 is 23.8 Å². The SMILES string of the molecule is O=C(NN=Cc1ccc(OC(=O)c2ccc3c(c2)OCO3)cc1)c1ccc([N+](=O)[O-])cc1. The number of ether oxygens (including phenoxy) is 3. The number of rotatable bonds is 6. The largest absolute Gasteiger partial charge is 0.454 e. The zero-order chi connectivity index (χ0) is 22.5. The predicted molar refractivity (Wildman–Crippen MR) is 112 cm³/mol. The normalized spacial score (nSPS) is 11.9. The average Bonchev–Trinajstić information content (AvgIpc) is 3.28. The smallest absolute Gasteiger partial charge is 0.343 e. The third kappa shape index (κ3) is 4.70. The van der Waals surface area contributed by atoms with Gasteiger partial charge in [-0.05, 0) is 60.2 Å². The van der Waals surface area contributed by atoms with Gasteiger partial charge in [0.05, 0.1) is 16.7 Å². The highest BCUT2D eigenvalue weighted by molar-refractivity contribution is 5.95. The highest BCUT2D eigenvalue weighted by Gasteiger charge is 2.17. The molecule has 0 aliphatic carbocycles. The molecule has 0 saturated carbocycles. The fraction of sp³-hybridized carbons (Fsp3) is 0.0455. The molecule has 32 heavy (non-hydrogen) atoms. The molecule has 0 atom stereocenters. The van der Waals surface area contributed by atoms with E-state index in [-0.39, 0.29) is 18.0 Å². The van der Waals surface area contributed by atoms with Gasteiger partial charge in [-0.25, -0.2) is 10.2 Å². The summed E-state index contributed by atoms with van der Waals surface area (Å²) in [5, 5.41) is 14.5. The first-order chi connectivity index (χ1) is 15.5. The van der Waals surface area contributed by atoms with Crippen molar-refractivity contribution in [3.05, 3.63) is 93.5 Å². The Bertz CT molecular complexity index is 1210. The van der Waals surface area contributed by atoms with E-state index in [0.717, 1.165) is 0 Å². The standard InChI is InChI=1S/C22H15N3O7/c26-21(15-3-6-17(7-4-15)25(28)29)24-23-12-14-1-8-18(9-2-14)32-22(27)16-5-10-19-20(11-16)31-13-30-19/h1-12H,13H2,(H,24,26). The molecule has 1 aliphatic rings. The third-order valence-corrected chi connectivity index (χ3v) is 4.42. The van der Waals surface area contributed by atoms with Crippen LogP contribution in [0.4, 0.5) is 5.69 Å². The quantitative estimate of drug-likeness (QED) is 0.208. The molecule has 0 unspecified atom stereocenters. The van der Waals surface area contributed by atoms with Crippen LogP contribution in [0.25, 0.3) is 0 Å². The van der Waals surface area contributed by atoms with Gasteiger partial charge in [-0.15, -0.1) is 0 Å². The van der Waals surface area contributed by atoms with Gasteiger partial charge in [0.25, 0.3) is 11.6 Å². The maximum atomic E-state index is 12.3. The Morgan fingerprint density at radius 2 is 1.66 bits per heavy atom. The molecule has 0 saturated heterocycles. The number of nitro benzene ring substituents is 1. The van der Waals surface area contributed by atoms with Crippen molar-refractivity contribution in [3.63, 3.8) is 0 Å². The minimum absolute atomic E-state index is 0.107. The Balaban J connectivity index is 1.32. The summed E-state index contributed by atoms with van der Waals surface area (Å²) in [6.07, 6.45) is 1.41. The van der Waals surface area contributed by atoms with Crippen molar-refractivity contribution in [2.75, 3.05) is 6.79 Å². The van der Waals surface area contributed by atoms with Crippen molar-refractivity contribution in [1.82, 2.24) is 5.43 Å². The number of amides is 1. The number of benzene rings is 3. The molecule has 1 N–H and O–H groups in total. The summed E-state index contributed by atoms with van der Waals surface area (Å²) in [5.41, 5.74) is 3.44. The van der Waals surface area contributed by atoms with E-state index in [9.17, 15) is 19.7 Å². The zero-order valence-electron chi connectivity index (χ0n) is 16.4. The average molecular weight is 433 g/mol. The Morgan fingerprint density at radius 1 is 0.969 bits per heavy atom. The molecular weight excluding hydrogens is 418 g/mol. The third-order valence-electron chi connectivity index (χ3n) is 4.42. The maximum Gasteiger partial charge on any atom is 0.343 e. The maximum absolute atomic E-state index is 12.3. The molecule has 0 bridgehead atoms. The van der Waals surface area contributed by atoms with E-state index in [2.05, 4.69) is 10.5 Å². The predicted octanol–water partition coefficient (Wildman–Crippen LogP) is 3.31. The van der Waals surface area contributed by atoms with Crippen LogP contribution in [0.15, 0.2) is 71.8 Å². The van der Waals surface area contributed by atoms with Crippen LogP contribution < -0.4 is 19.6 Å². The number of fused-ring (bicyclic) bond motifs is 1. The second-order valence-corrected chi connectivity index (χ2v) is 6.53. The second-order valence-electron chi connectivity index (χ2n) is 6.53. The molecule has 1 heterocycles. The van der Waals surface area contributed by atoms with Crippen molar-refractivity contribution in [3.8, 4) is 17.2 Å². The minimum atomic E-state index is -0.546. The highest BCUT2D eigenvalue weighted by atomic mass is 16.7. The van der Waals surface area contributed by atoms with E-state index in [1.54, 1.807) is 42.5 Å². The molecule has 160 valence electrons. The van der Waals surface area contributed by atoms with Gasteiger partial charge in [0.15, 0.2) is 11.5 Å². The van der Waals surface area contributed by atoms with Crippen LogP contribution in [-0.2, 0) is 0 Å². The molecule has 4 rings (SSSR count). The van der Waals surface area contributed by atoms with Crippen LogP contribution in [0.1, 0.15) is 26.3 Å². The molecule has 10 nitrogen and oxygen atoms in total. The van der Waals surface area contributed by atoms with Gasteiger partial charge >= 0.3 is 5.97 Å². The number of non-ortho nitro benzene ring substituents is 1. The molecule has 3 aromatic rings. The number of nitro groups is 1. The minimum Gasteiger partial charge on any atom is -0.454 e. The lowest BCUT2D eigenvalue weighted by Crippen LogP contribution is -2.17. The number of nitrogens with one attached hydrogen (secondary N) is 1. The second kappa shape index (κ2) is 8.96. The van der Waals surface area contributed by atoms with Gasteiger partial charge in [0, 0.05) is 17.7 Å². The van der Waals surface area contributed by atoms with Gasteiger partial charge in [-0.3, -0.25) is 14.9 Å². The summed E-state index contributed by atoms with van der Waals surface area (Å²) in [4.78, 5) is 34.4. The number of hydrogen-bond donors (Lipinski definition) is 1. The molecule has 0 radical (unpaired) electrons. The first-order valence-corrected chi connectivity index (χ1v) is 9.29. The first kappa shape index (κ1) is 20.5. The molecular formula is C22H15N3O7. The van der Waals surface area contributed by atoms with E-state index < -0.39 is 16.8 Å². The van der Waals surface area contributed by atoms with E-state index >= 15 is 0 Å². The Morgan fingerprint density at radius 3 is 2.38 bits per heavy atom. The summed E-state index contributed by atoms with van der Waals surface area (Å²) in [5.74, 6) is 0.345. The highest BCUT2D eigenvalue weighted by Crippen LogP contribution is 2.32. The van der Waals surface area contributed by atoms with E-state index in [1.807, 2.05) is 0 Å². The summed E-state index contributed by atoms with van der Waals surface area (Å²) < 4.78 is 15.8. The molecule has 10 heteroatoms. The Kier molecular flexibility index (Phi) is 5.75. The summed E-state index contributed by atoms with van der Waals surface area (Å²) in [6.45, 7) is 0.116. The number of nitrogens with zero attached hydrogens (tertiary/aromatic N) is 2. The lowest BCUT2D eigenvalue weighted by molar-refractivity contribution is -0.384. The fourth-order valence-electron chi connectivity index (χ4n) is 2.78. The summed E-state index contributed by atoms with van der Waals surface area (Å²) in [6, 6.07) is 16.4. The number of carbonyl (C=O) groups is 2. The molecule has 1 aliphatic heterocycles. The number of hydrazone groups is 1. The number of esters is 1. The van der Waals surface area contributed by atoms with Crippen LogP contribution in [-0.4, -0.2) is 29.8 Å². The van der Waals surface area contributed by atoms with Crippen molar-refractivity contribution in [2.24, 2.45) is 5.10 Å². The lowest BCUT2D eigenvalue weighted by atomic mass is 10.2. The van der Waals surface area contributed by atoms with Crippen molar-refractivity contribution in [2.45, 2.75) is 0 Å². The van der Waals surface area contributed by atoms with Gasteiger partial charge in [0.1, 0.15) is 5.75 Å². The molecule has 0 fully saturated rings. The summed E-state index contributed by atoms with van der Waals surface area (Å²) in [7, 11) is 0. The van der Waals surface area contributed by atoms with Crippen LogP contribution in [0.2, 0.25) is 0 Å². The Hall–Kier alpha value is -4.73. The van der Waals surface area contributed by atoms with E-state index in [0.29, 0.717) is 28.4 Å². The van der Waals surface area contributed by atoms with E-state index in [1.165, 1.54) is 30.5 Å². The van der Waals surface area contributed by atoms with Crippen LogP contribution >= 0.6 is 0 Å². The first-order valence-electron chi connectivity index (χ1n) is 9.29. The number of carbonyl (C=O) groups excluding carboxylic acids is 2. The fourth-order valence-corrected chi connectivity index (χ4v) is 2.78. The van der Waals surface area contributed by atoms with Crippen LogP contribution in [0.3, 0.4) is 0 Å². The zero-order valence-corrected chi connectivity index (χ0v) is 16.4. The Labute approximate surface area is 181 Å². The molecule has 3 aromatic carbocycles. The molecule has 0 spiro atoms. The molecule has 0 aromatic heterocycles. The monoisotopic (exact) mass is 433 g/mol. The van der Waals surface area contributed by atoms with Crippen molar-refractivity contribution in [1.29, 1.82) is 0 Å². The van der Waals surface area contributed by atoms with E-state index in [4.69, 9.17) is 14.2 Å². The number of hydrogen-bond acceptors (Lipinski definition) is 8. The van der Waals surface area contributed by atoms with Crippen LogP contribution in [0.5, 0.6) is 17.2 Å². The van der Waals surface area contributed by atoms with Crippen molar-refractivity contribution < 1.29 is 28.7 Å². The topological polar surface area (TPSA) is 129 Å². The lowest BCUT2D eigenvalue weighted by Gasteiger charge is -2.05. The van der Waals surface area contributed by atoms with Gasteiger partial charge in [0.2, 0.25) is 6.79 Å². The summed E-state index contributed by atoms with van der Waals surface area (Å²) >= 11 is 0.